The van der Waals surface area contributed by atoms with Crippen LogP contribution in [0.15, 0.2) is 37.1 Å². The van der Waals surface area contributed by atoms with Crippen LogP contribution >= 0.6 is 43.2 Å². The first-order valence-corrected chi connectivity index (χ1v) is 9.24. The zero-order valence-corrected chi connectivity index (χ0v) is 16.3. The SMILES string of the molecule is CC(C)COCC(NC(=O)c1cc(Br)c(Br)s1)c1ccco1. The van der Waals surface area contributed by atoms with E-state index in [1.807, 2.05) is 6.07 Å². The van der Waals surface area contributed by atoms with Crippen LogP contribution in [0.3, 0.4) is 0 Å². The molecule has 1 N–H and O–H groups in total. The Labute approximate surface area is 150 Å². The lowest BCUT2D eigenvalue weighted by molar-refractivity contribution is 0.0732. The number of furan rings is 1. The van der Waals surface area contributed by atoms with E-state index in [0.717, 1.165) is 8.26 Å². The molecule has 0 aliphatic heterocycles. The lowest BCUT2D eigenvalue weighted by atomic mass is 10.2. The van der Waals surface area contributed by atoms with Crippen molar-refractivity contribution < 1.29 is 13.9 Å². The lowest BCUT2D eigenvalue weighted by Gasteiger charge is -2.17. The first-order valence-electron chi connectivity index (χ1n) is 6.84. The topological polar surface area (TPSA) is 51.5 Å². The summed E-state index contributed by atoms with van der Waals surface area (Å²) in [4.78, 5) is 13.0. The highest BCUT2D eigenvalue weighted by atomic mass is 79.9. The normalized spacial score (nSPS) is 12.6. The minimum atomic E-state index is -0.305. The summed E-state index contributed by atoms with van der Waals surface area (Å²) in [6, 6.07) is 5.12. The molecule has 1 atom stereocenters. The van der Waals surface area contributed by atoms with Gasteiger partial charge in [0.2, 0.25) is 0 Å². The molecule has 0 aromatic carbocycles. The first kappa shape index (κ1) is 17.7. The highest BCUT2D eigenvalue weighted by molar-refractivity contribution is 9.13. The molecule has 0 radical (unpaired) electrons. The van der Waals surface area contributed by atoms with Gasteiger partial charge in [-0.3, -0.25) is 4.79 Å². The van der Waals surface area contributed by atoms with E-state index in [1.54, 1.807) is 18.4 Å². The van der Waals surface area contributed by atoms with Gasteiger partial charge in [-0.2, -0.15) is 0 Å². The predicted molar refractivity (Wildman–Crippen MR) is 94.3 cm³/mol. The van der Waals surface area contributed by atoms with Crippen LogP contribution in [0.2, 0.25) is 0 Å². The van der Waals surface area contributed by atoms with Crippen molar-refractivity contribution >= 4 is 49.1 Å². The lowest BCUT2D eigenvalue weighted by Crippen LogP contribution is -2.31. The van der Waals surface area contributed by atoms with Gasteiger partial charge in [0.25, 0.3) is 5.91 Å². The molecule has 2 aromatic heterocycles. The summed E-state index contributed by atoms with van der Waals surface area (Å²) in [5, 5.41) is 2.96. The van der Waals surface area contributed by atoms with Gasteiger partial charge in [0.05, 0.1) is 21.5 Å². The third kappa shape index (κ3) is 4.94. The van der Waals surface area contributed by atoms with Crippen LogP contribution in [-0.2, 0) is 4.74 Å². The van der Waals surface area contributed by atoms with Gasteiger partial charge >= 0.3 is 0 Å². The van der Waals surface area contributed by atoms with Gasteiger partial charge in [-0.25, -0.2) is 0 Å². The maximum atomic E-state index is 12.4. The second kappa shape index (κ2) is 8.29. The van der Waals surface area contributed by atoms with Crippen molar-refractivity contribution in [3.8, 4) is 0 Å². The van der Waals surface area contributed by atoms with Gasteiger partial charge in [-0.1, -0.05) is 13.8 Å². The molecule has 7 heteroatoms. The van der Waals surface area contributed by atoms with Gasteiger partial charge in [-0.05, 0) is 56.0 Å². The van der Waals surface area contributed by atoms with Crippen molar-refractivity contribution in [3.63, 3.8) is 0 Å². The highest BCUT2D eigenvalue weighted by Gasteiger charge is 2.20. The van der Waals surface area contributed by atoms with Gasteiger partial charge < -0.3 is 14.5 Å². The number of halogens is 2. The second-order valence-corrected chi connectivity index (χ2v) is 8.43. The molecule has 22 heavy (non-hydrogen) atoms. The van der Waals surface area contributed by atoms with E-state index in [-0.39, 0.29) is 11.9 Å². The van der Waals surface area contributed by atoms with Crippen LogP contribution in [0.1, 0.15) is 35.3 Å². The molecule has 0 fully saturated rings. The fourth-order valence-corrected chi connectivity index (χ4v) is 3.73. The minimum Gasteiger partial charge on any atom is -0.467 e. The number of carbonyl (C=O) groups excluding carboxylic acids is 1. The molecule has 2 heterocycles. The average Bonchev–Trinajstić information content (AvgIpc) is 3.08. The highest BCUT2D eigenvalue weighted by Crippen LogP contribution is 2.32. The van der Waals surface area contributed by atoms with Crippen molar-refractivity contribution in [1.82, 2.24) is 5.32 Å². The van der Waals surface area contributed by atoms with Crippen LogP contribution in [0, 0.1) is 5.92 Å². The van der Waals surface area contributed by atoms with Crippen LogP contribution in [0.25, 0.3) is 0 Å². The van der Waals surface area contributed by atoms with E-state index in [2.05, 4.69) is 51.0 Å². The predicted octanol–water partition coefficient (Wildman–Crippen LogP) is 5.01. The Morgan fingerprint density at radius 2 is 2.18 bits per heavy atom. The number of amides is 1. The van der Waals surface area contributed by atoms with E-state index in [1.165, 1.54) is 11.3 Å². The second-order valence-electron chi connectivity index (χ2n) is 5.21. The summed E-state index contributed by atoms with van der Waals surface area (Å²) < 4.78 is 12.8. The minimum absolute atomic E-state index is 0.147. The molecule has 120 valence electrons. The number of hydrogen-bond donors (Lipinski definition) is 1. The molecule has 4 nitrogen and oxygen atoms in total. The van der Waals surface area contributed by atoms with E-state index < -0.39 is 0 Å². The maximum absolute atomic E-state index is 12.4. The fourth-order valence-electron chi connectivity index (χ4n) is 1.79. The molecular weight excluding hydrogens is 434 g/mol. The quantitative estimate of drug-likeness (QED) is 0.644. The number of rotatable bonds is 7. The molecule has 0 bridgehead atoms. The first-order chi connectivity index (χ1) is 10.5. The van der Waals surface area contributed by atoms with E-state index in [0.29, 0.717) is 29.8 Å². The number of carbonyl (C=O) groups is 1. The summed E-state index contributed by atoms with van der Waals surface area (Å²) >= 11 is 8.16. The van der Waals surface area contributed by atoms with Crippen molar-refractivity contribution in [2.45, 2.75) is 19.9 Å². The molecule has 1 amide bonds. The summed E-state index contributed by atoms with van der Waals surface area (Å²) in [6.45, 7) is 5.19. The number of nitrogens with one attached hydrogen (secondary N) is 1. The van der Waals surface area contributed by atoms with E-state index in [9.17, 15) is 4.79 Å². The molecule has 0 spiro atoms. The van der Waals surface area contributed by atoms with Gasteiger partial charge in [0.15, 0.2) is 0 Å². The Kier molecular flexibility index (Phi) is 6.67. The Bertz CT molecular complexity index is 591. The van der Waals surface area contributed by atoms with Crippen molar-refractivity contribution in [2.24, 2.45) is 5.92 Å². The van der Waals surface area contributed by atoms with Crippen molar-refractivity contribution in [2.75, 3.05) is 13.2 Å². The molecule has 0 aliphatic rings. The van der Waals surface area contributed by atoms with E-state index in [4.69, 9.17) is 9.15 Å². The molecule has 0 saturated heterocycles. The van der Waals surface area contributed by atoms with Crippen LogP contribution < -0.4 is 5.32 Å². The van der Waals surface area contributed by atoms with Crippen molar-refractivity contribution in [3.05, 3.63) is 43.4 Å². The third-order valence-corrected chi connectivity index (χ3v) is 6.05. The molecular formula is C15H17Br2NO3S. The maximum Gasteiger partial charge on any atom is 0.262 e. The third-order valence-electron chi connectivity index (χ3n) is 2.80. The van der Waals surface area contributed by atoms with Gasteiger partial charge in [0.1, 0.15) is 11.8 Å². The molecule has 2 aromatic rings. The zero-order valence-electron chi connectivity index (χ0n) is 12.3. The Balaban J connectivity index is 2.04. The van der Waals surface area contributed by atoms with Gasteiger partial charge in [-0.15, -0.1) is 11.3 Å². The average molecular weight is 451 g/mol. The zero-order chi connectivity index (χ0) is 16.1. The van der Waals surface area contributed by atoms with Crippen LogP contribution in [-0.4, -0.2) is 19.1 Å². The largest absolute Gasteiger partial charge is 0.467 e. The van der Waals surface area contributed by atoms with Crippen LogP contribution in [0.5, 0.6) is 0 Å². The fraction of sp³-hybridized carbons (Fsp3) is 0.400. The summed E-state index contributed by atoms with van der Waals surface area (Å²) in [5.74, 6) is 0.981. The molecule has 0 aliphatic carbocycles. The molecule has 2 rings (SSSR count). The molecule has 1 unspecified atom stereocenters. The number of hydrogen-bond acceptors (Lipinski definition) is 4. The smallest absolute Gasteiger partial charge is 0.262 e. The Morgan fingerprint density at radius 3 is 2.73 bits per heavy atom. The monoisotopic (exact) mass is 449 g/mol. The van der Waals surface area contributed by atoms with Crippen LogP contribution in [0.4, 0.5) is 0 Å². The Hall–Kier alpha value is -0.630. The summed E-state index contributed by atoms with van der Waals surface area (Å²) in [5.41, 5.74) is 0. The van der Waals surface area contributed by atoms with Crippen molar-refractivity contribution in [1.29, 1.82) is 0 Å². The Morgan fingerprint density at radius 1 is 1.41 bits per heavy atom. The summed E-state index contributed by atoms with van der Waals surface area (Å²) in [7, 11) is 0. The van der Waals surface area contributed by atoms with E-state index >= 15 is 0 Å². The van der Waals surface area contributed by atoms with Gasteiger partial charge in [0, 0.05) is 11.1 Å². The summed E-state index contributed by atoms with van der Waals surface area (Å²) in [6.07, 6.45) is 1.59. The number of ether oxygens (including phenoxy) is 1. The molecule has 0 saturated carbocycles. The number of thiophene rings is 1. The standard InChI is InChI=1S/C15H17Br2NO3S/c1-9(2)7-20-8-11(12-4-3-5-21-12)18-15(19)13-6-10(16)14(17)22-13/h3-6,9,11H,7-8H2,1-2H3,(H,18,19).